The van der Waals surface area contributed by atoms with Gasteiger partial charge in [0.25, 0.3) is 0 Å². The van der Waals surface area contributed by atoms with E-state index in [0.29, 0.717) is 12.1 Å². The maximum atomic E-state index is 12.1. The summed E-state index contributed by atoms with van der Waals surface area (Å²) in [5, 5.41) is 0. The van der Waals surface area contributed by atoms with Crippen LogP contribution >= 0.6 is 0 Å². The van der Waals surface area contributed by atoms with Crippen molar-refractivity contribution in [3.05, 3.63) is 77.9 Å². The number of ether oxygens (including phenoxy) is 1. The van der Waals surface area contributed by atoms with Gasteiger partial charge in [-0.2, -0.15) is 0 Å². The molecule has 3 rings (SSSR count). The lowest BCUT2D eigenvalue weighted by atomic mass is 9.86. The first-order chi connectivity index (χ1) is 12.4. The number of carbonyl (C=O) groups excluding carboxylic acids is 1. The Balaban J connectivity index is 1.99. The van der Waals surface area contributed by atoms with Crippen molar-refractivity contribution in [2.75, 3.05) is 7.11 Å². The molecule has 0 amide bonds. The SMILES string of the molecule is COC(=O)c1ccc(-c2ccc(C(C)(C)C)cc2)cc1Cn1ccnc1. The predicted octanol–water partition coefficient (Wildman–Crippen LogP) is 4.68. The molecule has 0 saturated carbocycles. The van der Waals surface area contributed by atoms with Crippen molar-refractivity contribution in [1.29, 1.82) is 0 Å². The number of carbonyl (C=O) groups is 1. The van der Waals surface area contributed by atoms with Crippen molar-refractivity contribution in [3.63, 3.8) is 0 Å². The highest BCUT2D eigenvalue weighted by atomic mass is 16.5. The van der Waals surface area contributed by atoms with Crippen molar-refractivity contribution in [1.82, 2.24) is 9.55 Å². The fraction of sp³-hybridized carbons (Fsp3) is 0.273. The van der Waals surface area contributed by atoms with Crippen LogP contribution in [0.3, 0.4) is 0 Å². The maximum absolute atomic E-state index is 12.1. The van der Waals surface area contributed by atoms with Gasteiger partial charge in [0, 0.05) is 18.9 Å². The Labute approximate surface area is 154 Å². The van der Waals surface area contributed by atoms with E-state index in [9.17, 15) is 4.79 Å². The van der Waals surface area contributed by atoms with Gasteiger partial charge < -0.3 is 9.30 Å². The van der Waals surface area contributed by atoms with Crippen LogP contribution in [0, 0.1) is 0 Å². The summed E-state index contributed by atoms with van der Waals surface area (Å²) in [7, 11) is 1.41. The zero-order valence-electron chi connectivity index (χ0n) is 15.7. The van der Waals surface area contributed by atoms with Gasteiger partial charge in [-0.1, -0.05) is 51.1 Å². The van der Waals surface area contributed by atoms with E-state index in [0.717, 1.165) is 16.7 Å². The van der Waals surface area contributed by atoms with Crippen molar-refractivity contribution in [2.45, 2.75) is 32.7 Å². The molecule has 1 aromatic heterocycles. The van der Waals surface area contributed by atoms with Gasteiger partial charge in [0.1, 0.15) is 0 Å². The molecule has 26 heavy (non-hydrogen) atoms. The molecule has 0 spiro atoms. The Hall–Kier alpha value is -2.88. The van der Waals surface area contributed by atoms with Gasteiger partial charge in [0.05, 0.1) is 19.0 Å². The molecule has 0 saturated heterocycles. The summed E-state index contributed by atoms with van der Waals surface area (Å²) < 4.78 is 6.87. The quantitative estimate of drug-likeness (QED) is 0.643. The van der Waals surface area contributed by atoms with E-state index in [1.54, 1.807) is 12.5 Å². The molecule has 134 valence electrons. The highest BCUT2D eigenvalue weighted by Gasteiger charge is 2.15. The molecular formula is C22H24N2O2. The highest BCUT2D eigenvalue weighted by Crippen LogP contribution is 2.28. The zero-order valence-corrected chi connectivity index (χ0v) is 15.7. The van der Waals surface area contributed by atoms with Gasteiger partial charge in [0.15, 0.2) is 0 Å². The van der Waals surface area contributed by atoms with Crippen molar-refractivity contribution >= 4 is 5.97 Å². The van der Waals surface area contributed by atoms with Crippen LogP contribution in [0.5, 0.6) is 0 Å². The molecule has 0 N–H and O–H groups in total. The Morgan fingerprint density at radius 1 is 1.08 bits per heavy atom. The van der Waals surface area contributed by atoms with Crippen molar-refractivity contribution < 1.29 is 9.53 Å². The number of rotatable bonds is 4. The first-order valence-corrected chi connectivity index (χ1v) is 8.66. The smallest absolute Gasteiger partial charge is 0.338 e. The molecule has 0 aliphatic rings. The Morgan fingerprint density at radius 3 is 2.35 bits per heavy atom. The van der Waals surface area contributed by atoms with Crippen molar-refractivity contribution in [2.24, 2.45) is 0 Å². The van der Waals surface area contributed by atoms with Gasteiger partial charge in [-0.15, -0.1) is 0 Å². The second-order valence-electron chi connectivity index (χ2n) is 7.43. The van der Waals surface area contributed by atoms with E-state index in [2.05, 4.69) is 56.1 Å². The molecule has 0 unspecified atom stereocenters. The van der Waals surface area contributed by atoms with Crippen molar-refractivity contribution in [3.8, 4) is 11.1 Å². The van der Waals surface area contributed by atoms with Crippen LogP contribution in [0.4, 0.5) is 0 Å². The number of nitrogens with zero attached hydrogens (tertiary/aromatic N) is 2. The van der Waals surface area contributed by atoms with E-state index < -0.39 is 0 Å². The first kappa shape index (κ1) is 17.9. The Morgan fingerprint density at radius 2 is 1.77 bits per heavy atom. The minimum absolute atomic E-state index is 0.125. The minimum Gasteiger partial charge on any atom is -0.465 e. The van der Waals surface area contributed by atoms with Crippen LogP contribution in [0.25, 0.3) is 11.1 Å². The van der Waals surface area contributed by atoms with E-state index >= 15 is 0 Å². The van der Waals surface area contributed by atoms with E-state index in [1.807, 2.05) is 22.9 Å². The maximum Gasteiger partial charge on any atom is 0.338 e. The summed E-state index contributed by atoms with van der Waals surface area (Å²) >= 11 is 0. The predicted molar refractivity (Wildman–Crippen MR) is 103 cm³/mol. The molecule has 2 aromatic carbocycles. The number of esters is 1. The third-order valence-corrected chi connectivity index (χ3v) is 4.51. The van der Waals surface area contributed by atoms with E-state index in [-0.39, 0.29) is 11.4 Å². The number of aromatic nitrogens is 2. The van der Waals surface area contributed by atoms with Crippen LogP contribution in [-0.4, -0.2) is 22.6 Å². The summed E-state index contributed by atoms with van der Waals surface area (Å²) in [6.45, 7) is 7.18. The number of hydrogen-bond donors (Lipinski definition) is 0. The molecule has 3 aromatic rings. The number of imidazole rings is 1. The van der Waals surface area contributed by atoms with Gasteiger partial charge in [0.2, 0.25) is 0 Å². The van der Waals surface area contributed by atoms with Gasteiger partial charge in [-0.05, 0) is 39.8 Å². The molecule has 0 fully saturated rings. The average molecular weight is 348 g/mol. The standard InChI is InChI=1S/C22H24N2O2/c1-22(2,3)19-8-5-16(6-9-19)17-7-10-20(21(25)26-4)18(13-17)14-24-12-11-23-15-24/h5-13,15H,14H2,1-4H3. The molecule has 0 atom stereocenters. The fourth-order valence-corrected chi connectivity index (χ4v) is 2.95. The van der Waals surface area contributed by atoms with Crippen LogP contribution in [-0.2, 0) is 16.7 Å². The topological polar surface area (TPSA) is 44.1 Å². The molecular weight excluding hydrogens is 324 g/mol. The fourth-order valence-electron chi connectivity index (χ4n) is 2.95. The average Bonchev–Trinajstić information content (AvgIpc) is 3.13. The third-order valence-electron chi connectivity index (χ3n) is 4.51. The number of methoxy groups -OCH3 is 1. The Kier molecular flexibility index (Phi) is 4.94. The van der Waals surface area contributed by atoms with E-state index in [1.165, 1.54) is 12.7 Å². The molecule has 0 aliphatic carbocycles. The summed E-state index contributed by atoms with van der Waals surface area (Å²) in [6.07, 6.45) is 5.35. The minimum atomic E-state index is -0.324. The second-order valence-corrected chi connectivity index (χ2v) is 7.43. The summed E-state index contributed by atoms with van der Waals surface area (Å²) in [6, 6.07) is 14.5. The molecule has 1 heterocycles. The summed E-state index contributed by atoms with van der Waals surface area (Å²) in [5.74, 6) is -0.324. The summed E-state index contributed by atoms with van der Waals surface area (Å²) in [5.41, 5.74) is 5.11. The molecule has 4 heteroatoms. The largest absolute Gasteiger partial charge is 0.465 e. The summed E-state index contributed by atoms with van der Waals surface area (Å²) in [4.78, 5) is 16.2. The zero-order chi connectivity index (χ0) is 18.7. The van der Waals surface area contributed by atoms with Crippen LogP contribution in [0.2, 0.25) is 0 Å². The van der Waals surface area contributed by atoms with Crippen LogP contribution in [0.1, 0.15) is 42.3 Å². The van der Waals surface area contributed by atoms with E-state index in [4.69, 9.17) is 4.74 Å². The van der Waals surface area contributed by atoms with Gasteiger partial charge >= 0.3 is 5.97 Å². The second kappa shape index (κ2) is 7.16. The van der Waals surface area contributed by atoms with Crippen LogP contribution < -0.4 is 0 Å². The lowest BCUT2D eigenvalue weighted by Gasteiger charge is -2.19. The molecule has 0 bridgehead atoms. The molecule has 0 aliphatic heterocycles. The first-order valence-electron chi connectivity index (χ1n) is 8.66. The normalized spacial score (nSPS) is 11.4. The molecule has 4 nitrogen and oxygen atoms in total. The molecule has 0 radical (unpaired) electrons. The number of benzene rings is 2. The lowest BCUT2D eigenvalue weighted by Crippen LogP contribution is -2.10. The Bertz CT molecular complexity index is 889. The third kappa shape index (κ3) is 3.85. The van der Waals surface area contributed by atoms with Gasteiger partial charge in [-0.25, -0.2) is 9.78 Å². The van der Waals surface area contributed by atoms with Crippen LogP contribution in [0.15, 0.2) is 61.2 Å². The monoisotopic (exact) mass is 348 g/mol. The number of hydrogen-bond acceptors (Lipinski definition) is 3. The van der Waals surface area contributed by atoms with Gasteiger partial charge in [-0.3, -0.25) is 0 Å². The highest BCUT2D eigenvalue weighted by molar-refractivity contribution is 5.92. The lowest BCUT2D eigenvalue weighted by molar-refractivity contribution is 0.0599.